The molecule has 0 aliphatic heterocycles. The molecule has 1 heterocycles. The van der Waals surface area contributed by atoms with Crippen molar-refractivity contribution in [2.24, 2.45) is 0 Å². The van der Waals surface area contributed by atoms with Crippen LogP contribution < -0.4 is 0 Å². The largest absolute Gasteiger partial charge is 0.393 e. The van der Waals surface area contributed by atoms with Gasteiger partial charge in [0, 0.05) is 6.54 Å². The highest BCUT2D eigenvalue weighted by Crippen LogP contribution is 2.24. The number of aliphatic hydroxyl groups excluding tert-OH is 1. The predicted molar refractivity (Wildman–Crippen MR) is 69.6 cm³/mol. The van der Waals surface area contributed by atoms with Gasteiger partial charge in [0.2, 0.25) is 0 Å². The molecular weight excluding hydrogens is 268 g/mol. The first-order chi connectivity index (χ1) is 7.60. The lowest BCUT2D eigenvalue weighted by molar-refractivity contribution is 0.181. The molecule has 1 aromatic rings. The quantitative estimate of drug-likeness (QED) is 0.874. The minimum Gasteiger partial charge on any atom is -0.393 e. The van der Waals surface area contributed by atoms with Crippen molar-refractivity contribution in [2.75, 3.05) is 0 Å². The first kappa shape index (κ1) is 13.7. The molecule has 0 fully saturated rings. The Morgan fingerprint density at radius 3 is 2.62 bits per heavy atom. The molecule has 1 unspecified atom stereocenters. The molecule has 0 saturated heterocycles. The third-order valence-corrected chi connectivity index (χ3v) is 3.64. The summed E-state index contributed by atoms with van der Waals surface area (Å²) in [5.41, 5.74) is 2.40. The van der Waals surface area contributed by atoms with Gasteiger partial charge in [-0.3, -0.25) is 4.68 Å². The number of halogens is 1. The standard InChI is InChI=1S/C12H21BrN2O/c1-4-10-12(13)11(15(5-2)14-10)8-6-7-9(3)16/h9,16H,4-8H2,1-3H3. The summed E-state index contributed by atoms with van der Waals surface area (Å²) >= 11 is 3.62. The van der Waals surface area contributed by atoms with Crippen molar-refractivity contribution in [3.8, 4) is 0 Å². The van der Waals surface area contributed by atoms with E-state index in [2.05, 4.69) is 39.6 Å². The zero-order chi connectivity index (χ0) is 12.1. The Hall–Kier alpha value is -0.350. The van der Waals surface area contributed by atoms with Crippen LogP contribution in [0.1, 0.15) is 45.0 Å². The molecule has 1 rings (SSSR count). The predicted octanol–water partition coefficient (Wildman–Crippen LogP) is 2.93. The number of aliphatic hydroxyl groups is 1. The Kier molecular flexibility index (Phi) is 5.49. The van der Waals surface area contributed by atoms with Crippen LogP contribution in [0.2, 0.25) is 0 Å². The lowest BCUT2D eigenvalue weighted by Crippen LogP contribution is -2.05. The number of aromatic nitrogens is 2. The summed E-state index contributed by atoms with van der Waals surface area (Å²) in [7, 11) is 0. The maximum atomic E-state index is 9.24. The van der Waals surface area contributed by atoms with Gasteiger partial charge in [-0.25, -0.2) is 0 Å². The Balaban J connectivity index is 2.73. The molecule has 92 valence electrons. The Morgan fingerprint density at radius 1 is 1.44 bits per heavy atom. The molecule has 0 saturated carbocycles. The van der Waals surface area contributed by atoms with Crippen LogP contribution in [-0.4, -0.2) is 21.0 Å². The summed E-state index contributed by atoms with van der Waals surface area (Å²) in [4.78, 5) is 0. The van der Waals surface area contributed by atoms with Gasteiger partial charge in [-0.1, -0.05) is 6.92 Å². The second-order valence-electron chi connectivity index (χ2n) is 4.12. The molecule has 0 amide bonds. The first-order valence-corrected chi connectivity index (χ1v) is 6.81. The fourth-order valence-corrected chi connectivity index (χ4v) is 2.58. The summed E-state index contributed by atoms with van der Waals surface area (Å²) in [6.07, 6.45) is 3.58. The fourth-order valence-electron chi connectivity index (χ4n) is 1.82. The molecule has 0 aliphatic rings. The van der Waals surface area contributed by atoms with Crippen molar-refractivity contribution in [1.82, 2.24) is 9.78 Å². The summed E-state index contributed by atoms with van der Waals surface area (Å²) in [5, 5.41) is 13.8. The van der Waals surface area contributed by atoms with E-state index in [4.69, 9.17) is 0 Å². The normalized spacial score (nSPS) is 13.1. The lowest BCUT2D eigenvalue weighted by atomic mass is 10.1. The van der Waals surface area contributed by atoms with E-state index in [1.165, 1.54) is 5.69 Å². The van der Waals surface area contributed by atoms with Crippen LogP contribution in [0, 0.1) is 0 Å². The van der Waals surface area contributed by atoms with Crippen molar-refractivity contribution in [2.45, 2.75) is 59.1 Å². The second-order valence-corrected chi connectivity index (χ2v) is 4.91. The Morgan fingerprint density at radius 2 is 2.12 bits per heavy atom. The topological polar surface area (TPSA) is 38.0 Å². The first-order valence-electron chi connectivity index (χ1n) is 6.02. The lowest BCUT2D eigenvalue weighted by Gasteiger charge is -2.06. The van der Waals surface area contributed by atoms with E-state index >= 15 is 0 Å². The van der Waals surface area contributed by atoms with E-state index in [-0.39, 0.29) is 6.10 Å². The summed E-state index contributed by atoms with van der Waals surface area (Å²) < 4.78 is 3.22. The summed E-state index contributed by atoms with van der Waals surface area (Å²) in [5.74, 6) is 0. The monoisotopic (exact) mass is 288 g/mol. The zero-order valence-corrected chi connectivity index (χ0v) is 11.9. The Bertz CT molecular complexity index is 334. The van der Waals surface area contributed by atoms with Crippen LogP contribution in [0.25, 0.3) is 0 Å². The van der Waals surface area contributed by atoms with Crippen LogP contribution >= 0.6 is 15.9 Å². The zero-order valence-electron chi connectivity index (χ0n) is 10.3. The maximum absolute atomic E-state index is 9.24. The SMILES string of the molecule is CCc1nn(CC)c(CCCC(C)O)c1Br. The number of rotatable bonds is 6. The highest BCUT2D eigenvalue weighted by Gasteiger charge is 2.13. The van der Waals surface area contributed by atoms with E-state index in [0.717, 1.165) is 42.4 Å². The van der Waals surface area contributed by atoms with E-state index in [9.17, 15) is 5.11 Å². The molecule has 4 heteroatoms. The number of nitrogens with zero attached hydrogens (tertiary/aromatic N) is 2. The minimum absolute atomic E-state index is 0.206. The number of aryl methyl sites for hydroxylation is 2. The molecular formula is C12H21BrN2O. The number of hydrogen-bond donors (Lipinski definition) is 1. The van der Waals surface area contributed by atoms with Crippen LogP contribution in [0.3, 0.4) is 0 Å². The minimum atomic E-state index is -0.206. The van der Waals surface area contributed by atoms with Crippen molar-refractivity contribution in [3.05, 3.63) is 15.9 Å². The van der Waals surface area contributed by atoms with E-state index < -0.39 is 0 Å². The van der Waals surface area contributed by atoms with Gasteiger partial charge < -0.3 is 5.11 Å². The van der Waals surface area contributed by atoms with Crippen molar-refractivity contribution >= 4 is 15.9 Å². The molecule has 1 atom stereocenters. The van der Waals surface area contributed by atoms with Gasteiger partial charge >= 0.3 is 0 Å². The average Bonchev–Trinajstić information content (AvgIpc) is 2.55. The van der Waals surface area contributed by atoms with E-state index in [0.29, 0.717) is 0 Å². The van der Waals surface area contributed by atoms with Gasteiger partial charge in [0.1, 0.15) is 0 Å². The molecule has 0 bridgehead atoms. The fraction of sp³-hybridized carbons (Fsp3) is 0.750. The van der Waals surface area contributed by atoms with Crippen LogP contribution in [0.4, 0.5) is 0 Å². The van der Waals surface area contributed by atoms with Gasteiger partial charge in [-0.15, -0.1) is 0 Å². The molecule has 0 radical (unpaired) electrons. The van der Waals surface area contributed by atoms with Crippen molar-refractivity contribution in [1.29, 1.82) is 0 Å². The third kappa shape index (κ3) is 3.32. The molecule has 1 N–H and O–H groups in total. The highest BCUT2D eigenvalue weighted by molar-refractivity contribution is 9.10. The van der Waals surface area contributed by atoms with Crippen LogP contribution in [-0.2, 0) is 19.4 Å². The Labute approximate surface area is 106 Å². The van der Waals surface area contributed by atoms with E-state index in [1.807, 2.05) is 6.92 Å². The second kappa shape index (κ2) is 6.40. The van der Waals surface area contributed by atoms with E-state index in [1.54, 1.807) is 0 Å². The van der Waals surface area contributed by atoms with Crippen LogP contribution in [0.5, 0.6) is 0 Å². The summed E-state index contributed by atoms with van der Waals surface area (Å²) in [6, 6.07) is 0. The maximum Gasteiger partial charge on any atom is 0.0766 e. The smallest absolute Gasteiger partial charge is 0.0766 e. The van der Waals surface area contributed by atoms with Gasteiger partial charge in [0.15, 0.2) is 0 Å². The molecule has 16 heavy (non-hydrogen) atoms. The summed E-state index contributed by atoms with van der Waals surface area (Å²) in [6.45, 7) is 6.97. The van der Waals surface area contributed by atoms with Gasteiger partial charge in [0.05, 0.1) is 22.0 Å². The highest BCUT2D eigenvalue weighted by atomic mass is 79.9. The van der Waals surface area contributed by atoms with Gasteiger partial charge in [-0.2, -0.15) is 5.10 Å². The molecule has 0 aliphatic carbocycles. The average molecular weight is 289 g/mol. The molecule has 3 nitrogen and oxygen atoms in total. The van der Waals surface area contributed by atoms with Gasteiger partial charge in [0.25, 0.3) is 0 Å². The molecule has 1 aromatic heterocycles. The van der Waals surface area contributed by atoms with Gasteiger partial charge in [-0.05, 0) is 55.5 Å². The van der Waals surface area contributed by atoms with Crippen LogP contribution in [0.15, 0.2) is 4.47 Å². The molecule has 0 spiro atoms. The number of hydrogen-bond acceptors (Lipinski definition) is 2. The molecule has 0 aromatic carbocycles. The third-order valence-electron chi connectivity index (χ3n) is 2.73. The van der Waals surface area contributed by atoms with Crippen molar-refractivity contribution < 1.29 is 5.11 Å². The van der Waals surface area contributed by atoms with Crippen molar-refractivity contribution in [3.63, 3.8) is 0 Å².